The van der Waals surface area contributed by atoms with Gasteiger partial charge in [0.2, 0.25) is 0 Å². The first-order chi connectivity index (χ1) is 11.6. The summed E-state index contributed by atoms with van der Waals surface area (Å²) >= 11 is 0. The van der Waals surface area contributed by atoms with E-state index in [9.17, 15) is 9.18 Å². The van der Waals surface area contributed by atoms with Gasteiger partial charge in [0.15, 0.2) is 0 Å². The number of aryl methyl sites for hydroxylation is 1. The lowest BCUT2D eigenvalue weighted by Crippen LogP contribution is -2.36. The van der Waals surface area contributed by atoms with Crippen molar-refractivity contribution in [2.75, 3.05) is 19.6 Å². The largest absolute Gasteiger partial charge is 0.350 e. The van der Waals surface area contributed by atoms with Crippen LogP contribution in [0, 0.1) is 12.7 Å². The van der Waals surface area contributed by atoms with Crippen molar-refractivity contribution in [3.05, 3.63) is 71.0 Å². The van der Waals surface area contributed by atoms with Crippen molar-refractivity contribution in [3.63, 3.8) is 0 Å². The molecule has 1 saturated heterocycles. The molecule has 24 heavy (non-hydrogen) atoms. The Labute approximate surface area is 142 Å². The molecule has 3 nitrogen and oxygen atoms in total. The first-order valence-corrected chi connectivity index (χ1v) is 8.48. The fourth-order valence-electron chi connectivity index (χ4n) is 3.19. The van der Waals surface area contributed by atoms with Gasteiger partial charge in [0.1, 0.15) is 5.82 Å². The fraction of sp³-hybridized carbons (Fsp3) is 0.350. The van der Waals surface area contributed by atoms with Crippen molar-refractivity contribution in [2.45, 2.75) is 25.8 Å². The van der Waals surface area contributed by atoms with Crippen molar-refractivity contribution in [3.8, 4) is 0 Å². The van der Waals surface area contributed by atoms with E-state index in [0.717, 1.165) is 13.1 Å². The number of carbonyl (C=O) groups is 1. The highest BCUT2D eigenvalue weighted by Gasteiger charge is 2.24. The number of rotatable bonds is 5. The number of hydrogen-bond acceptors (Lipinski definition) is 2. The maximum Gasteiger partial charge on any atom is 0.251 e. The van der Waals surface area contributed by atoms with Crippen LogP contribution in [-0.4, -0.2) is 30.4 Å². The summed E-state index contributed by atoms with van der Waals surface area (Å²) in [6.07, 6.45) is 2.41. The minimum absolute atomic E-state index is 0.161. The van der Waals surface area contributed by atoms with Crippen LogP contribution in [0.3, 0.4) is 0 Å². The summed E-state index contributed by atoms with van der Waals surface area (Å²) in [6, 6.07) is 14.3. The molecule has 1 amide bonds. The Morgan fingerprint density at radius 1 is 1.08 bits per heavy atom. The minimum atomic E-state index is -0.332. The molecule has 126 valence electrons. The molecule has 1 aliphatic rings. The van der Waals surface area contributed by atoms with Gasteiger partial charge in [-0.3, -0.25) is 9.69 Å². The Balaban J connectivity index is 1.70. The average molecular weight is 326 g/mol. The van der Waals surface area contributed by atoms with Crippen molar-refractivity contribution >= 4 is 5.91 Å². The summed E-state index contributed by atoms with van der Waals surface area (Å²) in [6.45, 7) is 4.75. The van der Waals surface area contributed by atoms with E-state index in [1.165, 1.54) is 48.2 Å². The standard InChI is InChI=1S/C20H23FN2O/c1-15-4-6-16(7-5-15)19(23-12-2-3-13-23)14-22-20(24)17-8-10-18(21)11-9-17/h4-11,19H,2-3,12-14H2,1H3,(H,22,24). The lowest BCUT2D eigenvalue weighted by Gasteiger charge is -2.28. The number of benzene rings is 2. The minimum Gasteiger partial charge on any atom is -0.350 e. The number of nitrogens with zero attached hydrogens (tertiary/aromatic N) is 1. The summed E-state index contributed by atoms with van der Waals surface area (Å²) in [4.78, 5) is 14.7. The second-order valence-corrected chi connectivity index (χ2v) is 6.39. The molecule has 1 atom stereocenters. The topological polar surface area (TPSA) is 32.3 Å². The lowest BCUT2D eigenvalue weighted by molar-refractivity contribution is 0.0938. The van der Waals surface area contributed by atoms with Crippen molar-refractivity contribution < 1.29 is 9.18 Å². The summed E-state index contributed by atoms with van der Waals surface area (Å²) in [7, 11) is 0. The van der Waals surface area contributed by atoms with Gasteiger partial charge >= 0.3 is 0 Å². The van der Waals surface area contributed by atoms with Crippen molar-refractivity contribution in [1.82, 2.24) is 10.2 Å². The van der Waals surface area contributed by atoms with E-state index in [4.69, 9.17) is 0 Å². The van der Waals surface area contributed by atoms with Crippen LogP contribution >= 0.6 is 0 Å². The Hall–Kier alpha value is -2.20. The molecule has 1 unspecified atom stereocenters. The SMILES string of the molecule is Cc1ccc(C(CNC(=O)c2ccc(F)cc2)N2CCCC2)cc1. The van der Waals surface area contributed by atoms with Gasteiger partial charge in [0.05, 0.1) is 6.04 Å². The Morgan fingerprint density at radius 2 is 1.71 bits per heavy atom. The molecular weight excluding hydrogens is 303 g/mol. The van der Waals surface area contributed by atoms with Crippen LogP contribution in [0.15, 0.2) is 48.5 Å². The molecule has 2 aromatic carbocycles. The van der Waals surface area contributed by atoms with Crippen LogP contribution in [-0.2, 0) is 0 Å². The third-order valence-electron chi connectivity index (χ3n) is 4.61. The van der Waals surface area contributed by atoms with Crippen LogP contribution in [0.1, 0.15) is 40.4 Å². The monoisotopic (exact) mass is 326 g/mol. The van der Waals surface area contributed by atoms with E-state index in [2.05, 4.69) is 41.4 Å². The number of likely N-dealkylation sites (tertiary alicyclic amines) is 1. The molecule has 0 spiro atoms. The zero-order chi connectivity index (χ0) is 16.9. The van der Waals surface area contributed by atoms with Crippen LogP contribution in [0.25, 0.3) is 0 Å². The van der Waals surface area contributed by atoms with Gasteiger partial charge < -0.3 is 5.32 Å². The highest BCUT2D eigenvalue weighted by molar-refractivity contribution is 5.94. The van der Waals surface area contributed by atoms with Gasteiger partial charge in [0.25, 0.3) is 5.91 Å². The molecule has 1 heterocycles. The summed E-state index contributed by atoms with van der Waals surface area (Å²) in [5.74, 6) is -0.493. The highest BCUT2D eigenvalue weighted by atomic mass is 19.1. The molecule has 0 aliphatic carbocycles. The molecule has 1 N–H and O–H groups in total. The molecule has 1 aliphatic heterocycles. The van der Waals surface area contributed by atoms with Crippen LogP contribution in [0.4, 0.5) is 4.39 Å². The normalized spacial score (nSPS) is 16.1. The maximum atomic E-state index is 13.0. The second kappa shape index (κ2) is 7.58. The predicted octanol–water partition coefficient (Wildman–Crippen LogP) is 3.70. The quantitative estimate of drug-likeness (QED) is 0.908. The third kappa shape index (κ3) is 4.01. The van der Waals surface area contributed by atoms with E-state index >= 15 is 0 Å². The van der Waals surface area contributed by atoms with E-state index in [1.54, 1.807) is 0 Å². The van der Waals surface area contributed by atoms with Gasteiger partial charge in [0, 0.05) is 12.1 Å². The van der Waals surface area contributed by atoms with E-state index in [1.807, 2.05) is 0 Å². The number of halogens is 1. The van der Waals surface area contributed by atoms with Gasteiger partial charge in [-0.15, -0.1) is 0 Å². The fourth-order valence-corrected chi connectivity index (χ4v) is 3.19. The Kier molecular flexibility index (Phi) is 5.26. The van der Waals surface area contributed by atoms with E-state index < -0.39 is 0 Å². The van der Waals surface area contributed by atoms with Crippen LogP contribution in [0.5, 0.6) is 0 Å². The van der Waals surface area contributed by atoms with E-state index in [-0.39, 0.29) is 17.8 Å². The second-order valence-electron chi connectivity index (χ2n) is 6.39. The zero-order valence-electron chi connectivity index (χ0n) is 14.0. The molecule has 0 radical (unpaired) electrons. The van der Waals surface area contributed by atoms with E-state index in [0.29, 0.717) is 12.1 Å². The lowest BCUT2D eigenvalue weighted by atomic mass is 10.0. The third-order valence-corrected chi connectivity index (χ3v) is 4.61. The average Bonchev–Trinajstić information content (AvgIpc) is 3.11. The summed E-state index contributed by atoms with van der Waals surface area (Å²) < 4.78 is 13.0. The number of carbonyl (C=O) groups excluding carboxylic acids is 1. The van der Waals surface area contributed by atoms with Crippen LogP contribution in [0.2, 0.25) is 0 Å². The molecule has 0 saturated carbocycles. The predicted molar refractivity (Wildman–Crippen MR) is 93.5 cm³/mol. The van der Waals surface area contributed by atoms with Crippen molar-refractivity contribution in [1.29, 1.82) is 0 Å². The first kappa shape index (κ1) is 16.7. The molecule has 2 aromatic rings. The molecule has 4 heteroatoms. The summed E-state index contributed by atoms with van der Waals surface area (Å²) in [5.41, 5.74) is 2.94. The van der Waals surface area contributed by atoms with Crippen LogP contribution < -0.4 is 5.32 Å². The molecule has 3 rings (SSSR count). The smallest absolute Gasteiger partial charge is 0.251 e. The number of hydrogen-bond donors (Lipinski definition) is 1. The summed E-state index contributed by atoms with van der Waals surface area (Å²) in [5, 5.41) is 3.01. The Bertz CT molecular complexity index is 676. The van der Waals surface area contributed by atoms with Gasteiger partial charge in [-0.25, -0.2) is 4.39 Å². The number of amides is 1. The highest BCUT2D eigenvalue weighted by Crippen LogP contribution is 2.25. The zero-order valence-corrected chi connectivity index (χ0v) is 14.0. The molecular formula is C20H23FN2O. The van der Waals surface area contributed by atoms with Gasteiger partial charge in [-0.05, 0) is 62.7 Å². The molecule has 0 aromatic heterocycles. The first-order valence-electron chi connectivity index (χ1n) is 8.48. The number of nitrogens with one attached hydrogen (secondary N) is 1. The molecule has 0 bridgehead atoms. The maximum absolute atomic E-state index is 13.0. The van der Waals surface area contributed by atoms with Crippen molar-refractivity contribution in [2.24, 2.45) is 0 Å². The van der Waals surface area contributed by atoms with Gasteiger partial charge in [-0.1, -0.05) is 29.8 Å². The van der Waals surface area contributed by atoms with Gasteiger partial charge in [-0.2, -0.15) is 0 Å². The molecule has 1 fully saturated rings. The Morgan fingerprint density at radius 3 is 2.33 bits per heavy atom.